The first kappa shape index (κ1) is 48.0. The van der Waals surface area contributed by atoms with Crippen molar-refractivity contribution in [3.05, 3.63) is 0 Å². The van der Waals surface area contributed by atoms with E-state index in [0.717, 1.165) is 77.8 Å². The van der Waals surface area contributed by atoms with Crippen LogP contribution in [0.15, 0.2) is 0 Å². The van der Waals surface area contributed by atoms with Gasteiger partial charge in [-0.05, 0) is 0 Å². The van der Waals surface area contributed by atoms with Gasteiger partial charge in [-0.15, -0.1) is 0 Å². The second kappa shape index (κ2) is 23.9. The third-order valence-corrected chi connectivity index (χ3v) is 4.94. The highest BCUT2D eigenvalue weighted by atomic mass is 19.4. The average molecular weight is 724 g/mol. The molecule has 10 nitrogen and oxygen atoms in total. The smallest absolute Gasteiger partial charge is 0.490 e. The summed E-state index contributed by atoms with van der Waals surface area (Å²) in [6, 6.07) is 0. The number of aliphatic carboxylic acids is 4. The van der Waals surface area contributed by atoms with Gasteiger partial charge in [-0.1, -0.05) is 35.5 Å². The molecule has 274 valence electrons. The predicted molar refractivity (Wildman–Crippen MR) is 132 cm³/mol. The topological polar surface area (TPSA) is 164 Å². The van der Waals surface area contributed by atoms with E-state index >= 15 is 0 Å². The minimum Gasteiger partial charge on any atom is -0.542 e. The molecule has 0 amide bonds. The Bertz CT molecular complexity index is 993. The molecule has 4 N–H and O–H groups in total. The molecule has 0 spiro atoms. The summed E-state index contributed by atoms with van der Waals surface area (Å²) in [5.41, 5.74) is 0. The van der Waals surface area contributed by atoms with Crippen molar-refractivity contribution in [3.63, 3.8) is 0 Å². The number of rotatable bonds is 0. The van der Waals surface area contributed by atoms with Gasteiger partial charge in [0.1, 0.15) is 11.9 Å². The van der Waals surface area contributed by atoms with Crippen LogP contribution in [0.5, 0.6) is 0 Å². The Kier molecular flexibility index (Phi) is 23.9. The Morgan fingerprint density at radius 2 is 0.542 bits per heavy atom. The molecule has 3 heterocycles. The molecule has 0 aliphatic carbocycles. The van der Waals surface area contributed by atoms with E-state index in [2.05, 4.69) is 35.5 Å². The zero-order chi connectivity index (χ0) is 38.2. The van der Waals surface area contributed by atoms with Gasteiger partial charge in [0, 0.05) is 0 Å². The molecule has 0 aromatic rings. The number of carbonyl (C=O) groups is 4. The van der Waals surface area contributed by atoms with Crippen LogP contribution in [0.25, 0.3) is 0 Å². The molecular weight excluding hydrogens is 696 g/mol. The summed E-state index contributed by atoms with van der Waals surface area (Å²) in [5, 5.41) is 31.8. The minimum atomic E-state index is -5.19. The van der Waals surface area contributed by atoms with Gasteiger partial charge in [0.15, 0.2) is 0 Å². The van der Waals surface area contributed by atoms with E-state index < -0.39 is 48.6 Å². The van der Waals surface area contributed by atoms with Gasteiger partial charge in [-0.2, -0.15) is 52.7 Å². The van der Waals surface area contributed by atoms with Crippen molar-refractivity contribution in [1.82, 2.24) is 0 Å². The average Bonchev–Trinajstić information content (AvgIpc) is 2.92. The maximum absolute atomic E-state index is 10.6. The molecular formula is C26H28F12N2O8. The van der Waals surface area contributed by atoms with Crippen LogP contribution in [0.1, 0.15) is 38.5 Å². The SMILES string of the molecule is C1#CCC[NH+]2CCC#CCC[NH+](CC1)CCC#CCC2.O=C(O)C(F)(F)F.O=C(O)C(F)(F)F.O=C([O-])C(F)(F)F.O=C([O-])C(F)(F)F. The van der Waals surface area contributed by atoms with Gasteiger partial charge in [0.05, 0.1) is 77.8 Å². The normalized spacial score (nSPS) is 18.1. The molecule has 22 heteroatoms. The molecule has 0 aromatic heterocycles. The monoisotopic (exact) mass is 724 g/mol. The van der Waals surface area contributed by atoms with Gasteiger partial charge in [-0.3, -0.25) is 0 Å². The molecule has 0 fully saturated rings. The summed E-state index contributed by atoms with van der Waals surface area (Å²) in [5.74, 6) is 8.58. The summed E-state index contributed by atoms with van der Waals surface area (Å²) >= 11 is 0. The molecule has 0 aromatic carbocycles. The Morgan fingerprint density at radius 3 is 0.625 bits per heavy atom. The third kappa shape index (κ3) is 31.6. The fraction of sp³-hybridized carbons (Fsp3) is 0.615. The molecule has 2 bridgehead atoms. The fourth-order valence-electron chi connectivity index (χ4n) is 2.72. The third-order valence-electron chi connectivity index (χ3n) is 4.94. The second-order valence-corrected chi connectivity index (χ2v) is 8.74. The first-order valence-electron chi connectivity index (χ1n) is 12.9. The van der Waals surface area contributed by atoms with Gasteiger partial charge < -0.3 is 39.8 Å². The number of carbonyl (C=O) groups excluding carboxylic acids is 2. The van der Waals surface area contributed by atoms with Crippen LogP contribution >= 0.6 is 0 Å². The molecule has 0 saturated carbocycles. The lowest BCUT2D eigenvalue weighted by Crippen LogP contribution is -3.12. The molecule has 3 rings (SSSR count). The molecule has 48 heavy (non-hydrogen) atoms. The number of nitrogens with one attached hydrogen (secondary N) is 2. The van der Waals surface area contributed by atoms with Crippen LogP contribution in [-0.4, -0.2) is 98.1 Å². The van der Waals surface area contributed by atoms with Crippen molar-refractivity contribution in [3.8, 4) is 35.5 Å². The largest absolute Gasteiger partial charge is 0.542 e. The summed E-state index contributed by atoms with van der Waals surface area (Å²) in [4.78, 5) is 38.6. The van der Waals surface area contributed by atoms with Crippen LogP contribution in [0.2, 0.25) is 0 Å². The quantitative estimate of drug-likeness (QED) is 0.183. The highest BCUT2D eigenvalue weighted by molar-refractivity contribution is 5.73. The van der Waals surface area contributed by atoms with Gasteiger partial charge >= 0.3 is 36.6 Å². The Hall–Kier alpha value is -4.36. The van der Waals surface area contributed by atoms with E-state index in [-0.39, 0.29) is 0 Å². The summed E-state index contributed by atoms with van der Waals surface area (Å²) in [6.45, 7) is 6.87. The molecule has 3 aliphatic heterocycles. The van der Waals surface area contributed by atoms with Crippen LogP contribution in [-0.2, 0) is 19.2 Å². The summed E-state index contributed by atoms with van der Waals surface area (Å²) in [6.07, 6.45) is -14.4. The lowest BCUT2D eigenvalue weighted by atomic mass is 10.2. The van der Waals surface area contributed by atoms with Crippen LogP contribution < -0.4 is 20.0 Å². The highest BCUT2D eigenvalue weighted by Crippen LogP contribution is 2.14. The zero-order valence-electron chi connectivity index (χ0n) is 24.4. The van der Waals surface area contributed by atoms with E-state index in [4.69, 9.17) is 39.6 Å². The first-order valence-corrected chi connectivity index (χ1v) is 12.9. The van der Waals surface area contributed by atoms with Crippen LogP contribution in [0, 0.1) is 35.5 Å². The zero-order valence-corrected chi connectivity index (χ0v) is 24.4. The molecule has 0 radical (unpaired) electrons. The number of carboxylic acid groups (broad SMARTS) is 4. The van der Waals surface area contributed by atoms with E-state index in [1.54, 1.807) is 9.80 Å². The minimum absolute atomic E-state index is 1.02. The van der Waals surface area contributed by atoms with Gasteiger partial charge in [-0.25, -0.2) is 9.59 Å². The van der Waals surface area contributed by atoms with Gasteiger partial charge in [0.2, 0.25) is 0 Å². The van der Waals surface area contributed by atoms with E-state index in [9.17, 15) is 52.7 Å². The molecule has 0 saturated heterocycles. The van der Waals surface area contributed by atoms with Crippen molar-refractivity contribution in [2.24, 2.45) is 0 Å². The van der Waals surface area contributed by atoms with E-state index in [1.807, 2.05) is 0 Å². The lowest BCUT2D eigenvalue weighted by Gasteiger charge is -2.18. The first-order chi connectivity index (χ1) is 21.7. The predicted octanol–water partition coefficient (Wildman–Crippen LogP) is -1.00. The maximum atomic E-state index is 10.6. The fourth-order valence-corrected chi connectivity index (χ4v) is 2.72. The Labute approximate surface area is 264 Å². The van der Waals surface area contributed by atoms with Crippen molar-refractivity contribution in [2.75, 3.05) is 39.3 Å². The van der Waals surface area contributed by atoms with Crippen LogP contribution in [0.3, 0.4) is 0 Å². The highest BCUT2D eigenvalue weighted by Gasteiger charge is 2.39. The number of alkyl halides is 12. The van der Waals surface area contributed by atoms with E-state index in [0.29, 0.717) is 0 Å². The number of carboxylic acids is 4. The number of halogens is 12. The van der Waals surface area contributed by atoms with E-state index in [1.165, 1.54) is 0 Å². The molecule has 3 aliphatic rings. The summed E-state index contributed by atoms with van der Waals surface area (Å²) in [7, 11) is 0. The Morgan fingerprint density at radius 1 is 0.417 bits per heavy atom. The number of fused-ring (bicyclic) bond motifs is 12. The van der Waals surface area contributed by atoms with Crippen LogP contribution in [0.4, 0.5) is 52.7 Å². The van der Waals surface area contributed by atoms with Crippen molar-refractivity contribution >= 4 is 23.9 Å². The number of hydrogen-bond acceptors (Lipinski definition) is 6. The van der Waals surface area contributed by atoms with Crippen molar-refractivity contribution in [1.29, 1.82) is 0 Å². The summed E-state index contributed by atoms with van der Waals surface area (Å²) < 4.78 is 127. The lowest BCUT2D eigenvalue weighted by molar-refractivity contribution is -0.899. The van der Waals surface area contributed by atoms with Crippen molar-refractivity contribution in [2.45, 2.75) is 63.2 Å². The Balaban J connectivity index is -0.000000601. The van der Waals surface area contributed by atoms with Gasteiger partial charge in [0.25, 0.3) is 0 Å². The number of quaternary nitrogens is 2. The standard InChI is InChI=1S/C18H24N2.4C2HF3O2/c1-2-8-14-20-17-11-5-3-9-15-19(13-7-1)16-10-4-6-12-18-20;4*3-2(4,5)1(6)7/h7-18H2;4*(H,6,7). The number of hydrogen-bond donors (Lipinski definition) is 4. The molecule has 0 unspecified atom stereocenters. The second-order valence-electron chi connectivity index (χ2n) is 8.74. The maximum Gasteiger partial charge on any atom is 0.490 e. The molecule has 0 atom stereocenters. The van der Waals surface area contributed by atoms with Crippen molar-refractivity contribution < 1.29 is 102 Å².